The standard InChI is InChI=1S/C22H16ClFN2O2S/c23-20-13-16(9-10-18(20)19-6-1-3-7-21(19)24)29(27,28)26-14-15-11-12-25-22-8-4-2-5-17(15)22/h1-13,26H,14H2. The monoisotopic (exact) mass is 426 g/mol. The summed E-state index contributed by atoms with van der Waals surface area (Å²) >= 11 is 6.27. The lowest BCUT2D eigenvalue weighted by molar-refractivity contribution is 0.581. The van der Waals surface area contributed by atoms with Crippen LogP contribution in [0.25, 0.3) is 22.0 Å². The molecular formula is C22H16ClFN2O2S. The Labute approximate surface area is 173 Å². The van der Waals surface area contributed by atoms with E-state index in [2.05, 4.69) is 9.71 Å². The molecule has 1 aromatic heterocycles. The van der Waals surface area contributed by atoms with Crippen LogP contribution >= 0.6 is 11.6 Å². The molecule has 29 heavy (non-hydrogen) atoms. The Kier molecular flexibility index (Phi) is 5.32. The van der Waals surface area contributed by atoms with Crippen molar-refractivity contribution >= 4 is 32.5 Å². The summed E-state index contributed by atoms with van der Waals surface area (Å²) in [5.74, 6) is -0.423. The first-order valence-electron chi connectivity index (χ1n) is 8.82. The van der Waals surface area contributed by atoms with Crippen molar-refractivity contribution in [3.8, 4) is 11.1 Å². The van der Waals surface area contributed by atoms with Gasteiger partial charge in [-0.1, -0.05) is 54.1 Å². The summed E-state index contributed by atoms with van der Waals surface area (Å²) in [6.45, 7) is 0.109. The maximum atomic E-state index is 14.0. The Hall–Kier alpha value is -2.80. The van der Waals surface area contributed by atoms with Gasteiger partial charge in [0.15, 0.2) is 0 Å². The molecule has 0 aliphatic heterocycles. The molecular weight excluding hydrogens is 411 g/mol. The molecule has 0 saturated carbocycles. The number of sulfonamides is 1. The van der Waals surface area contributed by atoms with Crippen molar-refractivity contribution in [2.75, 3.05) is 0 Å². The summed E-state index contributed by atoms with van der Waals surface area (Å²) in [6.07, 6.45) is 1.64. The Morgan fingerprint density at radius 1 is 0.931 bits per heavy atom. The second-order valence-electron chi connectivity index (χ2n) is 6.43. The lowest BCUT2D eigenvalue weighted by Gasteiger charge is -2.11. The summed E-state index contributed by atoms with van der Waals surface area (Å²) in [7, 11) is -3.81. The van der Waals surface area contributed by atoms with Gasteiger partial charge in [-0.15, -0.1) is 0 Å². The molecule has 0 fully saturated rings. The topological polar surface area (TPSA) is 59.1 Å². The van der Waals surface area contributed by atoms with Gasteiger partial charge in [0.05, 0.1) is 10.4 Å². The predicted molar refractivity (Wildman–Crippen MR) is 113 cm³/mol. The van der Waals surface area contributed by atoms with E-state index < -0.39 is 15.8 Å². The van der Waals surface area contributed by atoms with E-state index in [9.17, 15) is 12.8 Å². The van der Waals surface area contributed by atoms with Crippen LogP contribution < -0.4 is 4.72 Å². The Morgan fingerprint density at radius 3 is 2.48 bits per heavy atom. The fourth-order valence-corrected chi connectivity index (χ4v) is 4.51. The van der Waals surface area contributed by atoms with Gasteiger partial charge in [0.25, 0.3) is 0 Å². The first-order chi connectivity index (χ1) is 14.0. The Bertz CT molecular complexity index is 1300. The normalized spacial score (nSPS) is 11.7. The highest BCUT2D eigenvalue weighted by molar-refractivity contribution is 7.89. The average molecular weight is 427 g/mol. The van der Waals surface area contributed by atoms with Crippen molar-refractivity contribution in [1.29, 1.82) is 0 Å². The number of halogens is 2. The van der Waals surface area contributed by atoms with E-state index in [-0.39, 0.29) is 16.5 Å². The number of hydrogen-bond acceptors (Lipinski definition) is 3. The largest absolute Gasteiger partial charge is 0.256 e. The van der Waals surface area contributed by atoms with Crippen LogP contribution in [0.15, 0.2) is 83.9 Å². The van der Waals surface area contributed by atoms with E-state index in [4.69, 9.17) is 11.6 Å². The molecule has 0 unspecified atom stereocenters. The van der Waals surface area contributed by atoms with E-state index in [1.165, 1.54) is 24.3 Å². The maximum absolute atomic E-state index is 14.0. The van der Waals surface area contributed by atoms with E-state index in [1.807, 2.05) is 24.3 Å². The van der Waals surface area contributed by atoms with Gasteiger partial charge in [-0.25, -0.2) is 17.5 Å². The quantitative estimate of drug-likeness (QED) is 0.478. The molecule has 4 aromatic rings. The van der Waals surface area contributed by atoms with Gasteiger partial charge >= 0.3 is 0 Å². The number of pyridine rings is 1. The van der Waals surface area contributed by atoms with Crippen LogP contribution in [0, 0.1) is 5.82 Å². The first kappa shape index (κ1) is 19.5. The van der Waals surface area contributed by atoms with Crippen LogP contribution in [0.3, 0.4) is 0 Å². The number of rotatable bonds is 5. The molecule has 0 atom stereocenters. The number of para-hydroxylation sites is 1. The number of nitrogens with one attached hydrogen (secondary N) is 1. The maximum Gasteiger partial charge on any atom is 0.240 e. The van der Waals surface area contributed by atoms with Crippen LogP contribution in [0.5, 0.6) is 0 Å². The molecule has 0 aliphatic carbocycles. The lowest BCUT2D eigenvalue weighted by Crippen LogP contribution is -2.23. The number of fused-ring (bicyclic) bond motifs is 1. The van der Waals surface area contributed by atoms with Crippen LogP contribution in [0.4, 0.5) is 4.39 Å². The highest BCUT2D eigenvalue weighted by Crippen LogP contribution is 2.31. The fourth-order valence-electron chi connectivity index (χ4n) is 3.13. The zero-order valence-corrected chi connectivity index (χ0v) is 16.7. The highest BCUT2D eigenvalue weighted by atomic mass is 35.5. The fraction of sp³-hybridized carbons (Fsp3) is 0.0455. The van der Waals surface area contributed by atoms with Crippen LogP contribution in [0.2, 0.25) is 5.02 Å². The Morgan fingerprint density at radius 2 is 1.69 bits per heavy atom. The van der Waals surface area contributed by atoms with Crippen molar-refractivity contribution in [3.63, 3.8) is 0 Å². The molecule has 0 spiro atoms. The molecule has 7 heteroatoms. The molecule has 146 valence electrons. The third-order valence-corrected chi connectivity index (χ3v) is 6.32. The lowest BCUT2D eigenvalue weighted by atomic mass is 10.1. The van der Waals surface area contributed by atoms with Gasteiger partial charge in [-0.05, 0) is 35.9 Å². The zero-order chi connectivity index (χ0) is 20.4. The van der Waals surface area contributed by atoms with Gasteiger partial charge < -0.3 is 0 Å². The molecule has 0 saturated heterocycles. The minimum Gasteiger partial charge on any atom is -0.256 e. The molecule has 1 heterocycles. The van der Waals surface area contributed by atoms with Crippen molar-refractivity contribution in [3.05, 3.63) is 95.4 Å². The molecule has 1 N–H and O–H groups in total. The minimum atomic E-state index is -3.81. The summed E-state index contributed by atoms with van der Waals surface area (Å²) in [4.78, 5) is 4.29. The minimum absolute atomic E-state index is 0.0148. The second-order valence-corrected chi connectivity index (χ2v) is 8.61. The molecule has 4 rings (SSSR count). The second kappa shape index (κ2) is 7.91. The summed E-state index contributed by atoms with van der Waals surface area (Å²) in [5, 5.41) is 1.04. The van der Waals surface area contributed by atoms with Crippen molar-refractivity contribution in [2.24, 2.45) is 0 Å². The molecule has 4 nitrogen and oxygen atoms in total. The highest BCUT2D eigenvalue weighted by Gasteiger charge is 2.17. The number of nitrogens with zero attached hydrogens (tertiary/aromatic N) is 1. The molecule has 0 aliphatic rings. The van der Waals surface area contributed by atoms with E-state index >= 15 is 0 Å². The molecule has 0 radical (unpaired) electrons. The Balaban J connectivity index is 1.61. The number of aromatic nitrogens is 1. The van der Waals surface area contributed by atoms with E-state index in [1.54, 1.807) is 30.5 Å². The third-order valence-electron chi connectivity index (χ3n) is 4.61. The number of benzene rings is 3. The summed E-state index contributed by atoms with van der Waals surface area (Å²) in [6, 6.07) is 19.8. The van der Waals surface area contributed by atoms with Crippen molar-refractivity contribution in [1.82, 2.24) is 9.71 Å². The van der Waals surface area contributed by atoms with Gasteiger partial charge in [0.2, 0.25) is 10.0 Å². The smallest absolute Gasteiger partial charge is 0.240 e. The van der Waals surface area contributed by atoms with Crippen LogP contribution in [-0.4, -0.2) is 13.4 Å². The van der Waals surface area contributed by atoms with Crippen LogP contribution in [-0.2, 0) is 16.6 Å². The van der Waals surface area contributed by atoms with Gasteiger partial charge in [-0.2, -0.15) is 0 Å². The average Bonchev–Trinajstić information content (AvgIpc) is 2.73. The number of hydrogen-bond donors (Lipinski definition) is 1. The first-order valence-corrected chi connectivity index (χ1v) is 10.7. The van der Waals surface area contributed by atoms with E-state index in [0.29, 0.717) is 11.1 Å². The SMILES string of the molecule is O=S(=O)(NCc1ccnc2ccccc12)c1ccc(-c2ccccc2F)c(Cl)c1. The van der Waals surface area contributed by atoms with Crippen LogP contribution in [0.1, 0.15) is 5.56 Å². The van der Waals surface area contributed by atoms with E-state index in [0.717, 1.165) is 16.5 Å². The third kappa shape index (κ3) is 4.00. The van der Waals surface area contributed by atoms with Gasteiger partial charge in [-0.3, -0.25) is 4.98 Å². The van der Waals surface area contributed by atoms with Crippen molar-refractivity contribution in [2.45, 2.75) is 11.4 Å². The molecule has 3 aromatic carbocycles. The summed E-state index contributed by atoms with van der Waals surface area (Å²) < 4.78 is 42.1. The van der Waals surface area contributed by atoms with Crippen molar-refractivity contribution < 1.29 is 12.8 Å². The predicted octanol–water partition coefficient (Wildman–Crippen LogP) is 5.17. The van der Waals surface area contributed by atoms with Gasteiger partial charge in [0.1, 0.15) is 5.82 Å². The summed E-state index contributed by atoms with van der Waals surface area (Å²) in [5.41, 5.74) is 2.36. The molecule has 0 bridgehead atoms. The van der Waals surface area contributed by atoms with Gasteiger partial charge in [0, 0.05) is 34.3 Å². The zero-order valence-electron chi connectivity index (χ0n) is 15.1. The molecule has 0 amide bonds.